The largest absolute Gasteiger partial charge is 0.468 e. The number of hydrogen-bond donors (Lipinski definition) is 1. The Hall–Kier alpha value is -1.10. The Bertz CT molecular complexity index is 278. The minimum atomic E-state index is -1.11. The maximum atomic E-state index is 11.8. The van der Waals surface area contributed by atoms with Crippen molar-refractivity contribution < 1.29 is 19.1 Å². The van der Waals surface area contributed by atoms with Crippen LogP contribution in [0.2, 0.25) is 0 Å². The van der Waals surface area contributed by atoms with E-state index in [9.17, 15) is 9.59 Å². The quantitative estimate of drug-likeness (QED) is 0.729. The van der Waals surface area contributed by atoms with E-state index in [4.69, 9.17) is 10.5 Å². The van der Waals surface area contributed by atoms with Crippen molar-refractivity contribution in [3.05, 3.63) is 0 Å². The van der Waals surface area contributed by atoms with E-state index in [1.165, 1.54) is 7.11 Å². The lowest BCUT2D eigenvalue weighted by molar-refractivity contribution is -0.171. The summed E-state index contributed by atoms with van der Waals surface area (Å²) in [5, 5.41) is 0. The van der Waals surface area contributed by atoms with Gasteiger partial charge in [-0.1, -0.05) is 0 Å². The van der Waals surface area contributed by atoms with Crippen LogP contribution in [0.3, 0.4) is 0 Å². The van der Waals surface area contributed by atoms with Crippen molar-refractivity contribution in [2.24, 2.45) is 11.1 Å². The van der Waals surface area contributed by atoms with Gasteiger partial charge in [0, 0.05) is 0 Å². The third-order valence-electron chi connectivity index (χ3n) is 2.16. The molecule has 0 spiro atoms. The van der Waals surface area contributed by atoms with Crippen LogP contribution in [0.4, 0.5) is 0 Å². The molecule has 0 aromatic carbocycles. The maximum absolute atomic E-state index is 11.8. The number of esters is 2. The molecular formula is C11H21NO4. The Morgan fingerprint density at radius 2 is 1.56 bits per heavy atom. The van der Waals surface area contributed by atoms with Crippen LogP contribution in [0, 0.1) is 5.41 Å². The van der Waals surface area contributed by atoms with Crippen molar-refractivity contribution in [1.82, 2.24) is 0 Å². The first-order chi connectivity index (χ1) is 7.02. The van der Waals surface area contributed by atoms with E-state index in [1.54, 1.807) is 34.6 Å². The summed E-state index contributed by atoms with van der Waals surface area (Å²) in [6, 6.07) is -1.03. The molecule has 0 bridgehead atoms. The van der Waals surface area contributed by atoms with Gasteiger partial charge in [0.15, 0.2) is 0 Å². The summed E-state index contributed by atoms with van der Waals surface area (Å²) in [7, 11) is 1.23. The summed E-state index contributed by atoms with van der Waals surface area (Å²) in [5.41, 5.74) is 3.93. The Morgan fingerprint density at radius 3 is 1.88 bits per heavy atom. The van der Waals surface area contributed by atoms with Crippen LogP contribution < -0.4 is 5.73 Å². The van der Waals surface area contributed by atoms with Crippen molar-refractivity contribution in [2.75, 3.05) is 7.11 Å². The summed E-state index contributed by atoms with van der Waals surface area (Å²) in [5.74, 6) is -1.14. The number of rotatable bonds is 3. The number of carbonyl (C=O) groups excluding carboxylic acids is 2. The van der Waals surface area contributed by atoms with Gasteiger partial charge in [0.05, 0.1) is 12.5 Å². The average Bonchev–Trinajstić information content (AvgIpc) is 2.12. The molecule has 0 heterocycles. The Balaban J connectivity index is 4.78. The molecule has 0 saturated heterocycles. The van der Waals surface area contributed by atoms with Crippen LogP contribution in [-0.4, -0.2) is 30.7 Å². The van der Waals surface area contributed by atoms with E-state index in [2.05, 4.69) is 4.74 Å². The van der Waals surface area contributed by atoms with Crippen LogP contribution in [-0.2, 0) is 19.1 Å². The standard InChI is InChI=1S/C11H21NO4/c1-10(2,3)16-9(14)11(4,5)7(12)8(13)15-6/h7H,12H2,1-6H3/t7-/m1/s1. The molecule has 2 N–H and O–H groups in total. The predicted octanol–water partition coefficient (Wildman–Crippen LogP) is 0.855. The van der Waals surface area contributed by atoms with Crippen molar-refractivity contribution in [3.8, 4) is 0 Å². The van der Waals surface area contributed by atoms with Gasteiger partial charge in [-0.25, -0.2) is 0 Å². The Morgan fingerprint density at radius 1 is 1.12 bits per heavy atom. The zero-order chi connectivity index (χ0) is 13.1. The average molecular weight is 231 g/mol. The lowest BCUT2D eigenvalue weighted by Crippen LogP contribution is -2.51. The second-order valence-electron chi connectivity index (χ2n) is 5.22. The number of methoxy groups -OCH3 is 1. The van der Waals surface area contributed by atoms with Gasteiger partial charge in [0.2, 0.25) is 0 Å². The van der Waals surface area contributed by atoms with E-state index in [1.807, 2.05) is 0 Å². The highest BCUT2D eigenvalue weighted by molar-refractivity contribution is 5.87. The van der Waals surface area contributed by atoms with Crippen molar-refractivity contribution >= 4 is 11.9 Å². The minimum Gasteiger partial charge on any atom is -0.468 e. The summed E-state index contributed by atoms with van der Waals surface area (Å²) in [4.78, 5) is 23.1. The first kappa shape index (κ1) is 14.9. The molecule has 0 aromatic rings. The minimum absolute atomic E-state index is 0.516. The molecular weight excluding hydrogens is 210 g/mol. The number of nitrogens with two attached hydrogens (primary N) is 1. The zero-order valence-corrected chi connectivity index (χ0v) is 10.8. The number of hydrogen-bond acceptors (Lipinski definition) is 5. The van der Waals surface area contributed by atoms with Crippen molar-refractivity contribution in [1.29, 1.82) is 0 Å². The van der Waals surface area contributed by atoms with E-state index in [0.29, 0.717) is 0 Å². The summed E-state index contributed by atoms with van der Waals surface area (Å²) in [6.45, 7) is 8.38. The van der Waals surface area contributed by atoms with Gasteiger partial charge in [-0.05, 0) is 34.6 Å². The van der Waals surface area contributed by atoms with Crippen molar-refractivity contribution in [2.45, 2.75) is 46.3 Å². The molecule has 0 aliphatic heterocycles. The highest BCUT2D eigenvalue weighted by atomic mass is 16.6. The molecule has 0 aliphatic carbocycles. The van der Waals surface area contributed by atoms with Gasteiger partial charge in [-0.3, -0.25) is 9.59 Å². The topological polar surface area (TPSA) is 78.6 Å². The molecule has 0 amide bonds. The Kier molecular flexibility index (Phi) is 4.49. The fourth-order valence-electron chi connectivity index (χ4n) is 0.958. The van der Waals surface area contributed by atoms with Gasteiger partial charge < -0.3 is 15.2 Å². The molecule has 0 fully saturated rings. The molecule has 0 radical (unpaired) electrons. The molecule has 0 aromatic heterocycles. The van der Waals surface area contributed by atoms with Crippen molar-refractivity contribution in [3.63, 3.8) is 0 Å². The van der Waals surface area contributed by atoms with Gasteiger partial charge >= 0.3 is 11.9 Å². The third kappa shape index (κ3) is 3.81. The molecule has 0 unspecified atom stereocenters. The van der Waals surface area contributed by atoms with E-state index < -0.39 is 29.0 Å². The molecule has 1 atom stereocenters. The molecule has 0 rings (SSSR count). The third-order valence-corrected chi connectivity index (χ3v) is 2.16. The van der Waals surface area contributed by atoms with Gasteiger partial charge in [0.1, 0.15) is 11.6 Å². The highest BCUT2D eigenvalue weighted by Gasteiger charge is 2.42. The van der Waals surface area contributed by atoms with Crippen LogP contribution in [0.1, 0.15) is 34.6 Å². The van der Waals surface area contributed by atoms with E-state index >= 15 is 0 Å². The number of carbonyl (C=O) groups is 2. The maximum Gasteiger partial charge on any atom is 0.323 e. The van der Waals surface area contributed by atoms with Crippen LogP contribution in [0.25, 0.3) is 0 Å². The molecule has 0 saturated carbocycles. The predicted molar refractivity (Wildman–Crippen MR) is 59.6 cm³/mol. The second kappa shape index (κ2) is 4.82. The summed E-state index contributed by atoms with van der Waals surface area (Å²) < 4.78 is 9.70. The molecule has 5 nitrogen and oxygen atoms in total. The monoisotopic (exact) mass is 231 g/mol. The van der Waals surface area contributed by atoms with E-state index in [-0.39, 0.29) is 0 Å². The second-order valence-corrected chi connectivity index (χ2v) is 5.22. The number of ether oxygens (including phenoxy) is 2. The SMILES string of the molecule is COC(=O)[C@@H](N)C(C)(C)C(=O)OC(C)(C)C. The van der Waals surface area contributed by atoms with Crippen LogP contribution in [0.15, 0.2) is 0 Å². The summed E-state index contributed by atoms with van der Waals surface area (Å²) >= 11 is 0. The Labute approximate surface area is 96.3 Å². The zero-order valence-electron chi connectivity index (χ0n) is 10.8. The lowest BCUT2D eigenvalue weighted by Gasteiger charge is -2.31. The molecule has 0 aliphatic rings. The fourth-order valence-corrected chi connectivity index (χ4v) is 0.958. The van der Waals surface area contributed by atoms with Crippen LogP contribution >= 0.6 is 0 Å². The van der Waals surface area contributed by atoms with Crippen LogP contribution in [0.5, 0.6) is 0 Å². The van der Waals surface area contributed by atoms with E-state index in [0.717, 1.165) is 0 Å². The smallest absolute Gasteiger partial charge is 0.323 e. The normalized spacial score (nSPS) is 14.2. The lowest BCUT2D eigenvalue weighted by atomic mass is 9.85. The molecule has 94 valence electrons. The molecule has 5 heteroatoms. The highest BCUT2D eigenvalue weighted by Crippen LogP contribution is 2.25. The summed E-state index contributed by atoms with van der Waals surface area (Å²) in [6.07, 6.45) is 0. The van der Waals surface area contributed by atoms with Gasteiger partial charge in [0.25, 0.3) is 0 Å². The van der Waals surface area contributed by atoms with Gasteiger partial charge in [-0.15, -0.1) is 0 Å². The fraction of sp³-hybridized carbons (Fsp3) is 0.818. The molecule has 16 heavy (non-hydrogen) atoms. The first-order valence-corrected chi connectivity index (χ1v) is 5.09. The first-order valence-electron chi connectivity index (χ1n) is 5.09. The van der Waals surface area contributed by atoms with Gasteiger partial charge in [-0.2, -0.15) is 0 Å².